The summed E-state index contributed by atoms with van der Waals surface area (Å²) in [6.45, 7) is 5.34. The zero-order chi connectivity index (χ0) is 22.9. The number of rotatable bonds is 5. The molecule has 4 aromatic rings. The van der Waals surface area contributed by atoms with Crippen LogP contribution in [0.5, 0.6) is 11.6 Å². The summed E-state index contributed by atoms with van der Waals surface area (Å²) in [5, 5.41) is 3.37. The predicted molar refractivity (Wildman–Crippen MR) is 118 cm³/mol. The number of hydrogen-bond donors (Lipinski definition) is 1. The molecule has 1 N–H and O–H groups in total. The van der Waals surface area contributed by atoms with E-state index < -0.39 is 5.91 Å². The Bertz CT molecular complexity index is 1330. The Morgan fingerprint density at radius 1 is 1.09 bits per heavy atom. The minimum absolute atomic E-state index is 0.150. The molecule has 0 saturated carbocycles. The Morgan fingerprint density at radius 3 is 2.64 bits per heavy atom. The molecule has 1 aliphatic heterocycles. The lowest BCUT2D eigenvalue weighted by Gasteiger charge is -2.36. The van der Waals surface area contributed by atoms with E-state index >= 15 is 0 Å². The van der Waals surface area contributed by atoms with Gasteiger partial charge in [-0.2, -0.15) is 0 Å². The van der Waals surface area contributed by atoms with Crippen molar-refractivity contribution in [3.05, 3.63) is 66.2 Å². The molecule has 4 heterocycles. The Hall–Kier alpha value is -4.34. The second kappa shape index (κ2) is 8.30. The lowest BCUT2D eigenvalue weighted by atomic mass is 10.0. The van der Waals surface area contributed by atoms with Gasteiger partial charge in [0.1, 0.15) is 22.8 Å². The number of ether oxygens (including phenoxy) is 1. The van der Waals surface area contributed by atoms with E-state index in [-0.39, 0.29) is 17.5 Å². The highest BCUT2D eigenvalue weighted by Crippen LogP contribution is 2.33. The van der Waals surface area contributed by atoms with Gasteiger partial charge < -0.3 is 19.4 Å². The average Bonchev–Trinajstić information content (AvgIpc) is 3.18. The molecular formula is C23H20N6O4. The molecule has 10 heteroatoms. The van der Waals surface area contributed by atoms with Gasteiger partial charge >= 0.3 is 0 Å². The Morgan fingerprint density at radius 2 is 1.94 bits per heavy atom. The number of aromatic nitrogens is 4. The highest BCUT2D eigenvalue weighted by Gasteiger charge is 2.28. The highest BCUT2D eigenvalue weighted by atomic mass is 16.5. The summed E-state index contributed by atoms with van der Waals surface area (Å²) in [5.74, 6) is 1.51. The quantitative estimate of drug-likeness (QED) is 0.496. The summed E-state index contributed by atoms with van der Waals surface area (Å²) in [5.41, 5.74) is 1.06. The average molecular weight is 444 g/mol. The van der Waals surface area contributed by atoms with E-state index in [1.54, 1.807) is 24.0 Å². The number of likely N-dealkylation sites (tertiary alicyclic amines) is 1. The molecule has 1 aliphatic rings. The maximum atomic E-state index is 12.8. The standard InChI is InChI=1S/C23H20N6O4/c1-13-11-29(12-13)23(31)17-8-27-21(10-26-17)33-19-7-15(6-18-16(19)5-14(2)32-18)22(30)28-20-9-24-3-4-25-20/h3-10,13H,11-12H2,1-2H3,(H,25,28,30). The molecule has 0 radical (unpaired) electrons. The van der Waals surface area contributed by atoms with Crippen LogP contribution in [0.2, 0.25) is 0 Å². The van der Waals surface area contributed by atoms with Crippen LogP contribution in [0, 0.1) is 12.8 Å². The lowest BCUT2D eigenvalue weighted by Crippen LogP contribution is -2.48. The monoisotopic (exact) mass is 444 g/mol. The van der Waals surface area contributed by atoms with Crippen LogP contribution in [-0.2, 0) is 0 Å². The minimum atomic E-state index is -0.396. The second-order valence-corrected chi connectivity index (χ2v) is 7.95. The summed E-state index contributed by atoms with van der Waals surface area (Å²) >= 11 is 0. The molecule has 1 saturated heterocycles. The molecule has 10 nitrogen and oxygen atoms in total. The number of fused-ring (bicyclic) bond motifs is 1. The molecule has 3 aromatic heterocycles. The van der Waals surface area contributed by atoms with E-state index in [9.17, 15) is 9.59 Å². The van der Waals surface area contributed by atoms with Crippen molar-refractivity contribution in [2.45, 2.75) is 13.8 Å². The first-order valence-corrected chi connectivity index (χ1v) is 10.4. The summed E-state index contributed by atoms with van der Waals surface area (Å²) < 4.78 is 11.6. The predicted octanol–water partition coefficient (Wildman–Crippen LogP) is 3.46. The third kappa shape index (κ3) is 4.22. The number of amides is 2. The molecule has 0 bridgehead atoms. The second-order valence-electron chi connectivity index (χ2n) is 7.95. The molecule has 5 rings (SSSR count). The van der Waals surface area contributed by atoms with Crippen LogP contribution < -0.4 is 10.1 Å². The third-order valence-electron chi connectivity index (χ3n) is 5.20. The largest absolute Gasteiger partial charge is 0.461 e. The summed E-state index contributed by atoms with van der Waals surface area (Å²) in [4.78, 5) is 43.3. The first kappa shape index (κ1) is 20.6. The number of benzene rings is 1. The van der Waals surface area contributed by atoms with E-state index in [2.05, 4.69) is 32.2 Å². The van der Waals surface area contributed by atoms with Gasteiger partial charge in [0.05, 0.1) is 24.0 Å². The van der Waals surface area contributed by atoms with Crippen LogP contribution in [0.4, 0.5) is 5.82 Å². The molecule has 1 aromatic carbocycles. The number of carbonyl (C=O) groups is 2. The van der Waals surface area contributed by atoms with E-state index in [4.69, 9.17) is 9.15 Å². The van der Waals surface area contributed by atoms with Crippen molar-refractivity contribution in [2.24, 2.45) is 5.92 Å². The van der Waals surface area contributed by atoms with Crippen LogP contribution in [-0.4, -0.2) is 49.7 Å². The van der Waals surface area contributed by atoms with Crippen LogP contribution in [0.3, 0.4) is 0 Å². The minimum Gasteiger partial charge on any atom is -0.461 e. The summed E-state index contributed by atoms with van der Waals surface area (Å²) in [6, 6.07) is 5.03. The number of hydrogen-bond acceptors (Lipinski definition) is 8. The number of nitrogens with zero attached hydrogens (tertiary/aromatic N) is 5. The first-order valence-electron chi connectivity index (χ1n) is 10.4. The molecule has 33 heavy (non-hydrogen) atoms. The molecule has 166 valence electrons. The number of anilines is 1. The van der Waals surface area contributed by atoms with Crippen LogP contribution in [0.1, 0.15) is 33.5 Å². The summed E-state index contributed by atoms with van der Waals surface area (Å²) in [7, 11) is 0. The van der Waals surface area contributed by atoms with Gasteiger partial charge in [0.25, 0.3) is 11.8 Å². The smallest absolute Gasteiger partial charge is 0.274 e. The molecule has 0 spiro atoms. The van der Waals surface area contributed by atoms with Gasteiger partial charge in [-0.15, -0.1) is 0 Å². The topological polar surface area (TPSA) is 123 Å². The maximum Gasteiger partial charge on any atom is 0.274 e. The maximum absolute atomic E-state index is 12.8. The van der Waals surface area contributed by atoms with Gasteiger partial charge in [0.2, 0.25) is 5.88 Å². The lowest BCUT2D eigenvalue weighted by molar-refractivity contribution is 0.0523. The number of aryl methyl sites for hydroxylation is 1. The van der Waals surface area contributed by atoms with Crippen molar-refractivity contribution in [2.75, 3.05) is 18.4 Å². The van der Waals surface area contributed by atoms with E-state index in [0.29, 0.717) is 39.8 Å². The van der Waals surface area contributed by atoms with Crippen LogP contribution in [0.25, 0.3) is 11.0 Å². The zero-order valence-corrected chi connectivity index (χ0v) is 18.0. The Kier molecular flexibility index (Phi) is 5.17. The molecule has 1 fully saturated rings. The summed E-state index contributed by atoms with van der Waals surface area (Å²) in [6.07, 6.45) is 7.23. The van der Waals surface area contributed by atoms with Gasteiger partial charge in [0, 0.05) is 31.0 Å². The molecular weight excluding hydrogens is 424 g/mol. The fourth-order valence-electron chi connectivity index (χ4n) is 3.62. The molecule has 2 amide bonds. The van der Waals surface area contributed by atoms with E-state index in [1.165, 1.54) is 31.0 Å². The Balaban J connectivity index is 1.40. The van der Waals surface area contributed by atoms with Crippen molar-refractivity contribution in [1.29, 1.82) is 0 Å². The Labute approximate surface area is 188 Å². The van der Waals surface area contributed by atoms with Gasteiger partial charge in [-0.1, -0.05) is 6.92 Å². The fraction of sp³-hybridized carbons (Fsp3) is 0.217. The number of furan rings is 1. The number of carbonyl (C=O) groups excluding carboxylic acids is 2. The van der Waals surface area contributed by atoms with E-state index in [1.807, 2.05) is 6.07 Å². The van der Waals surface area contributed by atoms with Gasteiger partial charge in [-0.3, -0.25) is 14.6 Å². The molecule has 0 aliphatic carbocycles. The van der Waals surface area contributed by atoms with Crippen molar-refractivity contribution < 1.29 is 18.7 Å². The van der Waals surface area contributed by atoms with Crippen LogP contribution in [0.15, 0.2) is 53.6 Å². The third-order valence-corrected chi connectivity index (χ3v) is 5.20. The van der Waals surface area contributed by atoms with Crippen molar-refractivity contribution in [3.8, 4) is 11.6 Å². The normalized spacial score (nSPS) is 13.6. The molecule has 0 unspecified atom stereocenters. The molecule has 0 atom stereocenters. The van der Waals surface area contributed by atoms with Crippen LogP contribution >= 0.6 is 0 Å². The van der Waals surface area contributed by atoms with E-state index in [0.717, 1.165) is 13.1 Å². The van der Waals surface area contributed by atoms with Gasteiger partial charge in [-0.25, -0.2) is 15.0 Å². The fourth-order valence-corrected chi connectivity index (χ4v) is 3.62. The highest BCUT2D eigenvalue weighted by molar-refractivity contribution is 6.06. The van der Waals surface area contributed by atoms with Crippen molar-refractivity contribution >= 4 is 28.6 Å². The van der Waals surface area contributed by atoms with Gasteiger partial charge in [-0.05, 0) is 31.0 Å². The first-order chi connectivity index (χ1) is 16.0. The number of nitrogens with one attached hydrogen (secondary N) is 1. The van der Waals surface area contributed by atoms with Crippen molar-refractivity contribution in [1.82, 2.24) is 24.8 Å². The SMILES string of the molecule is Cc1cc2c(Oc3cnc(C(=O)N4CC(C)C4)cn3)cc(C(=O)Nc3cnccn3)cc2o1. The van der Waals surface area contributed by atoms with Crippen molar-refractivity contribution in [3.63, 3.8) is 0 Å². The zero-order valence-electron chi connectivity index (χ0n) is 18.0. The van der Waals surface area contributed by atoms with Gasteiger partial charge in [0.15, 0.2) is 5.82 Å².